The second-order valence-corrected chi connectivity index (χ2v) is 8.60. The van der Waals surface area contributed by atoms with Crippen molar-refractivity contribution in [2.45, 2.75) is 51.6 Å². The van der Waals surface area contributed by atoms with E-state index in [0.717, 1.165) is 29.5 Å². The van der Waals surface area contributed by atoms with Gasteiger partial charge in [-0.2, -0.15) is 0 Å². The summed E-state index contributed by atoms with van der Waals surface area (Å²) < 4.78 is 1.53. The fourth-order valence-corrected chi connectivity index (χ4v) is 5.34. The molecule has 0 radical (unpaired) electrons. The molecule has 0 saturated carbocycles. The Hall–Kier alpha value is -2.94. The normalized spacial score (nSPS) is 22.8. The second-order valence-electron chi connectivity index (χ2n) is 8.60. The number of hydrogen-bond donors (Lipinski definition) is 1. The van der Waals surface area contributed by atoms with Crippen LogP contribution < -0.4 is 5.32 Å². The van der Waals surface area contributed by atoms with E-state index in [4.69, 9.17) is 0 Å². The molecule has 1 N–H and O–H groups in total. The second kappa shape index (κ2) is 7.96. The standard InChI is InChI=1S/C22H29N5O4/c1-5-25(6-2)22(29)23-15-8-17-18-9-16(27(30)31)10-20-21(18)14(11-26(20)13(3)28)7-19(17)24(4)12-15/h9-11,15,17,19H,5-8,12H2,1-4H3,(H,23,29)/t15-,17+,19+/m0/s1. The number of fused-ring (bicyclic) bond motifs is 2. The molecule has 9 heteroatoms. The predicted molar refractivity (Wildman–Crippen MR) is 118 cm³/mol. The molecule has 9 nitrogen and oxygen atoms in total. The smallest absolute Gasteiger partial charge is 0.317 e. The maximum Gasteiger partial charge on any atom is 0.317 e. The molecule has 2 amide bonds. The van der Waals surface area contributed by atoms with Gasteiger partial charge in [-0.3, -0.25) is 19.5 Å². The third-order valence-corrected chi connectivity index (χ3v) is 6.83. The summed E-state index contributed by atoms with van der Waals surface area (Å²) in [5, 5.41) is 15.7. The summed E-state index contributed by atoms with van der Waals surface area (Å²) >= 11 is 0. The van der Waals surface area contributed by atoms with Gasteiger partial charge in [-0.1, -0.05) is 0 Å². The van der Waals surface area contributed by atoms with Gasteiger partial charge in [0.15, 0.2) is 0 Å². The van der Waals surface area contributed by atoms with Crippen LogP contribution in [0.1, 0.15) is 49.0 Å². The first-order valence-electron chi connectivity index (χ1n) is 10.8. The van der Waals surface area contributed by atoms with Crippen molar-refractivity contribution in [2.75, 3.05) is 26.7 Å². The lowest BCUT2D eigenvalue weighted by Gasteiger charge is -2.45. The Morgan fingerprint density at radius 2 is 2.00 bits per heavy atom. The van der Waals surface area contributed by atoms with Crippen molar-refractivity contribution in [3.63, 3.8) is 0 Å². The number of likely N-dealkylation sites (tertiary alicyclic amines) is 1. The number of piperidine rings is 1. The zero-order valence-electron chi connectivity index (χ0n) is 18.4. The van der Waals surface area contributed by atoms with Crippen LogP contribution in [0.4, 0.5) is 10.5 Å². The maximum atomic E-state index is 12.6. The lowest BCUT2D eigenvalue weighted by atomic mass is 9.74. The average Bonchev–Trinajstić information content (AvgIpc) is 3.09. The number of nitro benzene ring substituents is 1. The molecule has 0 unspecified atom stereocenters. The zero-order valence-corrected chi connectivity index (χ0v) is 18.4. The van der Waals surface area contributed by atoms with E-state index in [9.17, 15) is 19.7 Å². The molecule has 1 fully saturated rings. The first kappa shape index (κ1) is 21.3. The van der Waals surface area contributed by atoms with Gasteiger partial charge in [0.2, 0.25) is 5.91 Å². The number of urea groups is 1. The van der Waals surface area contributed by atoms with Crippen LogP contribution in [0.3, 0.4) is 0 Å². The van der Waals surface area contributed by atoms with Crippen LogP contribution in [0, 0.1) is 10.1 Å². The number of benzene rings is 1. The van der Waals surface area contributed by atoms with Crippen LogP contribution in [0.25, 0.3) is 10.9 Å². The third-order valence-electron chi connectivity index (χ3n) is 6.83. The fraction of sp³-hybridized carbons (Fsp3) is 0.545. The van der Waals surface area contributed by atoms with E-state index < -0.39 is 4.92 Å². The molecule has 2 heterocycles. The van der Waals surface area contributed by atoms with Gasteiger partial charge in [-0.05, 0) is 44.9 Å². The van der Waals surface area contributed by atoms with Crippen molar-refractivity contribution in [3.8, 4) is 0 Å². The largest absolute Gasteiger partial charge is 0.334 e. The van der Waals surface area contributed by atoms with Crippen LogP contribution in [-0.2, 0) is 6.42 Å². The van der Waals surface area contributed by atoms with E-state index >= 15 is 0 Å². The Kier molecular flexibility index (Phi) is 5.47. The van der Waals surface area contributed by atoms with Crippen molar-refractivity contribution in [2.24, 2.45) is 0 Å². The van der Waals surface area contributed by atoms with Crippen LogP contribution in [0.2, 0.25) is 0 Å². The van der Waals surface area contributed by atoms with Gasteiger partial charge < -0.3 is 15.1 Å². The Morgan fingerprint density at radius 1 is 1.29 bits per heavy atom. The number of carbonyl (C=O) groups excluding carboxylic acids is 2. The topological polar surface area (TPSA) is 101 Å². The van der Waals surface area contributed by atoms with Gasteiger partial charge in [0.05, 0.1) is 10.4 Å². The third kappa shape index (κ3) is 3.56. The van der Waals surface area contributed by atoms with Crippen LogP contribution in [0.5, 0.6) is 0 Å². The molecule has 166 valence electrons. The van der Waals surface area contributed by atoms with Crippen molar-refractivity contribution in [1.29, 1.82) is 0 Å². The molecule has 3 atom stereocenters. The maximum absolute atomic E-state index is 12.6. The van der Waals surface area contributed by atoms with Gasteiger partial charge in [-0.15, -0.1) is 0 Å². The number of nitro groups is 1. The van der Waals surface area contributed by atoms with Gasteiger partial charge in [0.1, 0.15) is 0 Å². The Balaban J connectivity index is 1.75. The molecule has 2 aliphatic rings. The van der Waals surface area contributed by atoms with Crippen molar-refractivity contribution in [3.05, 3.63) is 39.6 Å². The Bertz CT molecular complexity index is 1060. The number of nitrogens with one attached hydrogen (secondary N) is 1. The number of carbonyl (C=O) groups is 2. The van der Waals surface area contributed by atoms with Crippen LogP contribution in [-0.4, -0.2) is 70.0 Å². The molecule has 1 aliphatic carbocycles. The summed E-state index contributed by atoms with van der Waals surface area (Å²) in [6.45, 7) is 7.38. The first-order chi connectivity index (χ1) is 14.7. The van der Waals surface area contributed by atoms with E-state index in [1.165, 1.54) is 17.6 Å². The van der Waals surface area contributed by atoms with Crippen LogP contribution in [0.15, 0.2) is 18.3 Å². The molecule has 2 aromatic rings. The minimum atomic E-state index is -0.400. The molecular weight excluding hydrogens is 398 g/mol. The summed E-state index contributed by atoms with van der Waals surface area (Å²) in [6.07, 6.45) is 3.32. The highest BCUT2D eigenvalue weighted by molar-refractivity contribution is 5.97. The minimum absolute atomic E-state index is 0.00717. The van der Waals surface area contributed by atoms with Gasteiger partial charge in [0, 0.05) is 68.3 Å². The molecule has 4 rings (SSSR count). The Morgan fingerprint density at radius 3 is 2.61 bits per heavy atom. The predicted octanol–water partition coefficient (Wildman–Crippen LogP) is 2.97. The molecular formula is C22H29N5O4. The summed E-state index contributed by atoms with van der Waals surface area (Å²) in [6, 6.07) is 3.20. The molecule has 31 heavy (non-hydrogen) atoms. The summed E-state index contributed by atoms with van der Waals surface area (Å²) in [4.78, 5) is 40.0. The number of non-ortho nitro benzene ring substituents is 1. The number of hydrogen-bond acceptors (Lipinski definition) is 5. The minimum Gasteiger partial charge on any atom is -0.334 e. The van der Waals surface area contributed by atoms with Crippen molar-refractivity contribution in [1.82, 2.24) is 19.7 Å². The quantitative estimate of drug-likeness (QED) is 0.597. The van der Waals surface area contributed by atoms with E-state index in [0.29, 0.717) is 25.0 Å². The fourth-order valence-electron chi connectivity index (χ4n) is 5.34. The van der Waals surface area contributed by atoms with Crippen LogP contribution >= 0.6 is 0 Å². The summed E-state index contributed by atoms with van der Waals surface area (Å²) in [5.41, 5.74) is 2.55. The SMILES string of the molecule is CCN(CC)C(=O)N[C@H]1C[C@@H]2c3cc([N+](=O)[O-])cc4c3c(cn4C(C)=O)C[C@H]2N(C)C1. The van der Waals surface area contributed by atoms with E-state index in [2.05, 4.69) is 10.2 Å². The highest BCUT2D eigenvalue weighted by Gasteiger charge is 2.41. The number of likely N-dealkylation sites (N-methyl/N-ethyl adjacent to an activating group) is 1. The highest BCUT2D eigenvalue weighted by atomic mass is 16.6. The summed E-state index contributed by atoms with van der Waals surface area (Å²) in [7, 11) is 2.04. The lowest BCUT2D eigenvalue weighted by Crippen LogP contribution is -2.56. The Labute approximate surface area is 181 Å². The number of amides is 2. The van der Waals surface area contributed by atoms with E-state index in [1.54, 1.807) is 11.0 Å². The lowest BCUT2D eigenvalue weighted by molar-refractivity contribution is -0.384. The highest BCUT2D eigenvalue weighted by Crippen LogP contribution is 2.45. The summed E-state index contributed by atoms with van der Waals surface area (Å²) in [5.74, 6) is -0.122. The molecule has 1 aromatic heterocycles. The van der Waals surface area contributed by atoms with Gasteiger partial charge in [0.25, 0.3) is 5.69 Å². The number of rotatable bonds is 4. The first-order valence-corrected chi connectivity index (χ1v) is 10.8. The molecule has 1 aromatic carbocycles. The molecule has 1 aliphatic heterocycles. The molecule has 0 spiro atoms. The van der Waals surface area contributed by atoms with E-state index in [1.807, 2.05) is 27.1 Å². The molecule has 0 bridgehead atoms. The number of aromatic nitrogens is 1. The van der Waals surface area contributed by atoms with Crippen molar-refractivity contribution >= 4 is 28.5 Å². The number of nitrogens with zero attached hydrogens (tertiary/aromatic N) is 4. The molecule has 1 saturated heterocycles. The van der Waals surface area contributed by atoms with Gasteiger partial charge >= 0.3 is 6.03 Å². The van der Waals surface area contributed by atoms with Crippen molar-refractivity contribution < 1.29 is 14.5 Å². The zero-order chi connectivity index (χ0) is 22.4. The van der Waals surface area contributed by atoms with Gasteiger partial charge in [-0.25, -0.2) is 4.79 Å². The monoisotopic (exact) mass is 427 g/mol. The average molecular weight is 428 g/mol. The van der Waals surface area contributed by atoms with E-state index in [-0.39, 0.29) is 35.6 Å².